The van der Waals surface area contributed by atoms with Crippen molar-refractivity contribution in [2.75, 3.05) is 12.4 Å². The van der Waals surface area contributed by atoms with Crippen molar-refractivity contribution in [3.05, 3.63) is 53.8 Å². The van der Waals surface area contributed by atoms with E-state index in [4.69, 9.17) is 4.74 Å². The number of amides is 1. The molecule has 0 aromatic heterocycles. The molecule has 0 spiro atoms. The molecule has 2 rings (SSSR count). The zero-order valence-corrected chi connectivity index (χ0v) is 16.3. The van der Waals surface area contributed by atoms with Crippen LogP contribution in [-0.4, -0.2) is 27.5 Å². The van der Waals surface area contributed by atoms with Crippen LogP contribution in [0.5, 0.6) is 5.75 Å². The van der Waals surface area contributed by atoms with Crippen molar-refractivity contribution in [1.82, 2.24) is 4.72 Å². The van der Waals surface area contributed by atoms with Gasteiger partial charge in [0.25, 0.3) is 0 Å². The molecule has 6 nitrogen and oxygen atoms in total. The lowest BCUT2D eigenvalue weighted by molar-refractivity contribution is -0.116. The molecule has 0 bridgehead atoms. The Labute approximate surface area is 158 Å². The predicted octanol–water partition coefficient (Wildman–Crippen LogP) is 3.09. The fourth-order valence-electron chi connectivity index (χ4n) is 2.45. The van der Waals surface area contributed by atoms with Gasteiger partial charge in [0.2, 0.25) is 15.9 Å². The molecule has 0 heterocycles. The zero-order valence-electron chi connectivity index (χ0n) is 15.5. The normalized spacial score (nSPS) is 11.4. The highest BCUT2D eigenvalue weighted by molar-refractivity contribution is 7.89. The topological polar surface area (TPSA) is 84.5 Å². The van der Waals surface area contributed by atoms with E-state index in [1.165, 1.54) is 37.4 Å². The van der Waals surface area contributed by atoms with Crippen molar-refractivity contribution in [3.63, 3.8) is 0 Å². The summed E-state index contributed by atoms with van der Waals surface area (Å²) in [6.07, 6.45) is 0.595. The average molecular weight is 394 g/mol. The fraction of sp³-hybridized carbons (Fsp3) is 0.316. The Morgan fingerprint density at radius 1 is 1.15 bits per heavy atom. The summed E-state index contributed by atoms with van der Waals surface area (Å²) in [6, 6.07) is 9.92. The maximum absolute atomic E-state index is 12.9. The first-order valence-corrected chi connectivity index (χ1v) is 9.94. The lowest BCUT2D eigenvalue weighted by Crippen LogP contribution is -2.30. The first kappa shape index (κ1) is 20.9. The van der Waals surface area contributed by atoms with E-state index < -0.39 is 10.0 Å². The van der Waals surface area contributed by atoms with E-state index in [-0.39, 0.29) is 34.8 Å². The van der Waals surface area contributed by atoms with E-state index in [0.717, 1.165) is 5.56 Å². The molecule has 1 amide bonds. The van der Waals surface area contributed by atoms with Gasteiger partial charge in [-0.15, -0.1) is 0 Å². The third-order valence-electron chi connectivity index (χ3n) is 3.70. The van der Waals surface area contributed by atoms with E-state index in [1.807, 2.05) is 0 Å². The number of sulfonamides is 1. The van der Waals surface area contributed by atoms with E-state index in [0.29, 0.717) is 12.2 Å². The number of rotatable bonds is 8. The first-order valence-electron chi connectivity index (χ1n) is 8.46. The standard InChI is InChI=1S/C19H23FN2O4S/c1-13(2)22-27(24,25)16-9-10-18(26-3)17(12-16)21-19(23)11-6-14-4-7-15(20)8-5-14/h4-5,7-10,12-13,22H,6,11H2,1-3H3,(H,21,23). The number of benzene rings is 2. The summed E-state index contributed by atoms with van der Waals surface area (Å²) < 4.78 is 45.3. The van der Waals surface area contributed by atoms with Gasteiger partial charge in [-0.1, -0.05) is 12.1 Å². The molecule has 0 fully saturated rings. The molecule has 0 unspecified atom stereocenters. The van der Waals surface area contributed by atoms with Crippen LogP contribution in [0.3, 0.4) is 0 Å². The Morgan fingerprint density at radius 2 is 1.81 bits per heavy atom. The second-order valence-corrected chi connectivity index (χ2v) is 8.03. The van der Waals surface area contributed by atoms with E-state index in [2.05, 4.69) is 10.0 Å². The second-order valence-electron chi connectivity index (χ2n) is 6.31. The molecule has 2 aromatic carbocycles. The molecule has 27 heavy (non-hydrogen) atoms. The van der Waals surface area contributed by atoms with Crippen LogP contribution in [0, 0.1) is 5.82 Å². The highest BCUT2D eigenvalue weighted by atomic mass is 32.2. The summed E-state index contributed by atoms with van der Waals surface area (Å²) in [5.41, 5.74) is 1.10. The van der Waals surface area contributed by atoms with Gasteiger partial charge in [-0.3, -0.25) is 4.79 Å². The van der Waals surface area contributed by atoms with E-state index in [1.54, 1.807) is 26.0 Å². The van der Waals surface area contributed by atoms with E-state index >= 15 is 0 Å². The molecule has 0 atom stereocenters. The van der Waals surface area contributed by atoms with Crippen LogP contribution in [0.25, 0.3) is 0 Å². The minimum absolute atomic E-state index is 0.0332. The molecule has 0 aliphatic heterocycles. The number of halogens is 1. The van der Waals surface area contributed by atoms with Crippen molar-refractivity contribution in [3.8, 4) is 5.75 Å². The highest BCUT2D eigenvalue weighted by Crippen LogP contribution is 2.28. The van der Waals surface area contributed by atoms with Gasteiger partial charge in [0.05, 0.1) is 17.7 Å². The number of methoxy groups -OCH3 is 1. The summed E-state index contributed by atoms with van der Waals surface area (Å²) in [5, 5.41) is 2.68. The minimum atomic E-state index is -3.69. The van der Waals surface area contributed by atoms with Crippen molar-refractivity contribution >= 4 is 21.6 Å². The largest absolute Gasteiger partial charge is 0.495 e. The molecular weight excluding hydrogens is 371 g/mol. The smallest absolute Gasteiger partial charge is 0.240 e. The number of carbonyl (C=O) groups excluding carboxylic acids is 1. The van der Waals surface area contributed by atoms with Crippen LogP contribution >= 0.6 is 0 Å². The fourth-order valence-corrected chi connectivity index (χ4v) is 3.73. The highest BCUT2D eigenvalue weighted by Gasteiger charge is 2.18. The molecule has 0 radical (unpaired) electrons. The third-order valence-corrected chi connectivity index (χ3v) is 5.36. The summed E-state index contributed by atoms with van der Waals surface area (Å²) in [7, 11) is -2.26. The van der Waals surface area contributed by atoms with Crippen LogP contribution in [0.1, 0.15) is 25.8 Å². The predicted molar refractivity (Wildman–Crippen MR) is 102 cm³/mol. The lowest BCUT2D eigenvalue weighted by atomic mass is 10.1. The number of ether oxygens (including phenoxy) is 1. The van der Waals surface area contributed by atoms with Gasteiger partial charge < -0.3 is 10.1 Å². The number of anilines is 1. The summed E-state index contributed by atoms with van der Waals surface area (Å²) >= 11 is 0. The number of hydrogen-bond donors (Lipinski definition) is 2. The maximum Gasteiger partial charge on any atom is 0.240 e. The lowest BCUT2D eigenvalue weighted by Gasteiger charge is -2.14. The molecule has 0 aliphatic rings. The summed E-state index contributed by atoms with van der Waals surface area (Å²) in [6.45, 7) is 3.44. The molecule has 0 saturated carbocycles. The summed E-state index contributed by atoms with van der Waals surface area (Å²) in [5.74, 6) is -0.279. The van der Waals surface area contributed by atoms with Crippen LogP contribution in [0.4, 0.5) is 10.1 Å². The van der Waals surface area contributed by atoms with Gasteiger partial charge in [-0.25, -0.2) is 17.5 Å². The number of nitrogens with one attached hydrogen (secondary N) is 2. The third kappa shape index (κ3) is 6.04. The molecule has 8 heteroatoms. The first-order chi connectivity index (χ1) is 12.7. The van der Waals surface area contributed by atoms with Gasteiger partial charge in [-0.05, 0) is 56.2 Å². The van der Waals surface area contributed by atoms with Gasteiger partial charge in [-0.2, -0.15) is 0 Å². The molecule has 146 valence electrons. The van der Waals surface area contributed by atoms with Crippen molar-refractivity contribution in [1.29, 1.82) is 0 Å². The van der Waals surface area contributed by atoms with Crippen molar-refractivity contribution < 1.29 is 22.3 Å². The Hall–Kier alpha value is -2.45. The maximum atomic E-state index is 12.9. The van der Waals surface area contributed by atoms with E-state index in [9.17, 15) is 17.6 Å². The SMILES string of the molecule is COc1ccc(S(=O)(=O)NC(C)C)cc1NC(=O)CCc1ccc(F)cc1. The Kier molecular flexibility index (Phi) is 6.92. The Bertz CT molecular complexity index is 896. The van der Waals surface area contributed by atoms with Gasteiger partial charge in [0, 0.05) is 12.5 Å². The molecule has 2 aromatic rings. The Morgan fingerprint density at radius 3 is 2.41 bits per heavy atom. The average Bonchev–Trinajstić information content (AvgIpc) is 2.60. The van der Waals surface area contributed by atoms with Crippen LogP contribution in [-0.2, 0) is 21.2 Å². The number of carbonyl (C=O) groups is 1. The zero-order chi connectivity index (χ0) is 20.0. The monoisotopic (exact) mass is 394 g/mol. The second kappa shape index (κ2) is 8.96. The molecule has 0 saturated heterocycles. The molecule has 2 N–H and O–H groups in total. The van der Waals surface area contributed by atoms with Gasteiger partial charge >= 0.3 is 0 Å². The van der Waals surface area contributed by atoms with Crippen molar-refractivity contribution in [2.45, 2.75) is 37.6 Å². The number of hydrogen-bond acceptors (Lipinski definition) is 4. The molecule has 0 aliphatic carbocycles. The van der Waals surface area contributed by atoms with Crippen LogP contribution in [0.15, 0.2) is 47.4 Å². The van der Waals surface area contributed by atoms with Gasteiger partial charge in [0.15, 0.2) is 0 Å². The summed E-state index contributed by atoms with van der Waals surface area (Å²) in [4.78, 5) is 12.3. The van der Waals surface area contributed by atoms with Crippen LogP contribution < -0.4 is 14.8 Å². The van der Waals surface area contributed by atoms with Gasteiger partial charge in [0.1, 0.15) is 11.6 Å². The van der Waals surface area contributed by atoms with Crippen molar-refractivity contribution in [2.24, 2.45) is 0 Å². The molecular formula is C19H23FN2O4S. The quantitative estimate of drug-likeness (QED) is 0.721. The number of aryl methyl sites for hydroxylation is 1. The Balaban J connectivity index is 2.12. The van der Waals surface area contributed by atoms with Crippen LogP contribution in [0.2, 0.25) is 0 Å². The minimum Gasteiger partial charge on any atom is -0.495 e.